The molecule has 6 heteroatoms. The van der Waals surface area contributed by atoms with Gasteiger partial charge < -0.3 is 9.47 Å². The maximum Gasteiger partial charge on any atom is 0.338 e. The summed E-state index contributed by atoms with van der Waals surface area (Å²) in [6.07, 6.45) is 1.95. The Labute approximate surface area is 123 Å². The fourth-order valence-electron chi connectivity index (χ4n) is 2.62. The first-order chi connectivity index (χ1) is 10.3. The SMILES string of the molecule is COC(=O)c1ccc2c(c1)[nH]c[n+]2CCN1CCOCC1. The molecule has 1 N–H and O–H groups in total. The molecule has 1 aromatic heterocycles. The van der Waals surface area contributed by atoms with Crippen molar-refractivity contribution in [2.24, 2.45) is 0 Å². The summed E-state index contributed by atoms with van der Waals surface area (Å²) < 4.78 is 12.3. The molecule has 0 amide bonds. The highest BCUT2D eigenvalue weighted by atomic mass is 16.5. The third kappa shape index (κ3) is 3.06. The minimum Gasteiger partial charge on any atom is -0.465 e. The van der Waals surface area contributed by atoms with Crippen molar-refractivity contribution in [1.82, 2.24) is 9.88 Å². The molecule has 1 fully saturated rings. The van der Waals surface area contributed by atoms with Crippen molar-refractivity contribution in [2.75, 3.05) is 40.0 Å². The van der Waals surface area contributed by atoms with Gasteiger partial charge in [-0.05, 0) is 12.1 Å². The standard InChI is InChI=1S/C15H19N3O3/c1-20-15(19)12-2-3-14-13(10-12)16-11-18(14)5-4-17-6-8-21-9-7-17/h2-3,10-11H,4-9H2,1H3/p+1. The summed E-state index contributed by atoms with van der Waals surface area (Å²) in [5.74, 6) is -0.314. The van der Waals surface area contributed by atoms with Gasteiger partial charge in [0.1, 0.15) is 6.54 Å². The summed E-state index contributed by atoms with van der Waals surface area (Å²) in [7, 11) is 1.39. The second-order valence-corrected chi connectivity index (χ2v) is 5.14. The Morgan fingerprint density at radius 3 is 3.00 bits per heavy atom. The number of nitrogens with one attached hydrogen (secondary N) is 1. The van der Waals surface area contributed by atoms with Gasteiger partial charge >= 0.3 is 5.97 Å². The molecule has 0 spiro atoms. The minimum atomic E-state index is -0.314. The predicted molar refractivity (Wildman–Crippen MR) is 77.1 cm³/mol. The van der Waals surface area contributed by atoms with E-state index in [4.69, 9.17) is 9.47 Å². The molecule has 3 rings (SSSR count). The molecule has 0 bridgehead atoms. The van der Waals surface area contributed by atoms with Crippen molar-refractivity contribution in [2.45, 2.75) is 6.54 Å². The van der Waals surface area contributed by atoms with E-state index in [9.17, 15) is 4.79 Å². The number of imidazole rings is 1. The maximum absolute atomic E-state index is 11.5. The lowest BCUT2D eigenvalue weighted by atomic mass is 10.2. The summed E-state index contributed by atoms with van der Waals surface area (Å²) in [6, 6.07) is 5.58. The number of H-pyrrole nitrogens is 1. The van der Waals surface area contributed by atoms with Crippen LogP contribution in [0.4, 0.5) is 0 Å². The quantitative estimate of drug-likeness (QED) is 0.661. The van der Waals surface area contributed by atoms with Crippen molar-refractivity contribution < 1.29 is 18.8 Å². The van der Waals surface area contributed by atoms with E-state index in [1.54, 1.807) is 6.07 Å². The number of morpholine rings is 1. The first-order valence-electron chi connectivity index (χ1n) is 7.17. The fourth-order valence-corrected chi connectivity index (χ4v) is 2.62. The average molecular weight is 290 g/mol. The molecular weight excluding hydrogens is 270 g/mol. The van der Waals surface area contributed by atoms with Gasteiger partial charge in [-0.25, -0.2) is 14.3 Å². The van der Waals surface area contributed by atoms with Crippen molar-refractivity contribution >= 4 is 17.0 Å². The molecule has 0 radical (unpaired) electrons. The molecule has 1 saturated heterocycles. The summed E-state index contributed by atoms with van der Waals surface area (Å²) in [4.78, 5) is 17.1. The van der Waals surface area contributed by atoms with Crippen LogP contribution in [-0.2, 0) is 16.0 Å². The highest BCUT2D eigenvalue weighted by Crippen LogP contribution is 2.11. The van der Waals surface area contributed by atoms with Crippen molar-refractivity contribution in [1.29, 1.82) is 0 Å². The highest BCUT2D eigenvalue weighted by molar-refractivity contribution is 5.92. The van der Waals surface area contributed by atoms with Crippen molar-refractivity contribution in [3.05, 3.63) is 30.1 Å². The number of aromatic nitrogens is 2. The number of aromatic amines is 1. The Morgan fingerprint density at radius 2 is 2.24 bits per heavy atom. The topological polar surface area (TPSA) is 58.4 Å². The van der Waals surface area contributed by atoms with Crippen LogP contribution in [0.3, 0.4) is 0 Å². The largest absolute Gasteiger partial charge is 0.465 e. The number of carbonyl (C=O) groups is 1. The van der Waals surface area contributed by atoms with Gasteiger partial charge in [0.2, 0.25) is 6.33 Å². The lowest BCUT2D eigenvalue weighted by Gasteiger charge is -2.25. The minimum absolute atomic E-state index is 0.314. The molecule has 6 nitrogen and oxygen atoms in total. The fraction of sp³-hybridized carbons (Fsp3) is 0.467. The lowest BCUT2D eigenvalue weighted by molar-refractivity contribution is -0.670. The van der Waals surface area contributed by atoms with E-state index in [0.29, 0.717) is 5.56 Å². The van der Waals surface area contributed by atoms with Gasteiger partial charge in [0.15, 0.2) is 11.0 Å². The van der Waals surface area contributed by atoms with Gasteiger partial charge in [-0.2, -0.15) is 0 Å². The van der Waals surface area contributed by atoms with Crippen LogP contribution in [0.5, 0.6) is 0 Å². The van der Waals surface area contributed by atoms with E-state index >= 15 is 0 Å². The van der Waals surface area contributed by atoms with E-state index in [0.717, 1.165) is 50.4 Å². The predicted octanol–water partition coefficient (Wildman–Crippen LogP) is 0.574. The van der Waals surface area contributed by atoms with E-state index in [-0.39, 0.29) is 5.97 Å². The van der Waals surface area contributed by atoms with Crippen LogP contribution >= 0.6 is 0 Å². The number of carbonyl (C=O) groups excluding carboxylic acids is 1. The monoisotopic (exact) mass is 290 g/mol. The molecule has 1 aliphatic rings. The summed E-state index contributed by atoms with van der Waals surface area (Å²) in [5, 5.41) is 0. The maximum atomic E-state index is 11.5. The zero-order chi connectivity index (χ0) is 14.7. The number of esters is 1. The van der Waals surface area contributed by atoms with Crippen LogP contribution in [-0.4, -0.2) is 55.8 Å². The van der Waals surface area contributed by atoms with Crippen LogP contribution in [0.1, 0.15) is 10.4 Å². The first kappa shape index (κ1) is 14.0. The number of benzene rings is 1. The molecule has 0 aliphatic carbocycles. The molecular formula is C15H20N3O3+. The number of methoxy groups -OCH3 is 1. The zero-order valence-electron chi connectivity index (χ0n) is 12.2. The Kier molecular flexibility index (Phi) is 4.17. The molecule has 0 atom stereocenters. The second-order valence-electron chi connectivity index (χ2n) is 5.14. The van der Waals surface area contributed by atoms with E-state index in [2.05, 4.69) is 14.5 Å². The Bertz CT molecular complexity index is 632. The summed E-state index contributed by atoms with van der Waals surface area (Å²) in [5.41, 5.74) is 2.60. The van der Waals surface area contributed by atoms with Gasteiger partial charge in [0.05, 0.1) is 25.9 Å². The number of fused-ring (bicyclic) bond motifs is 1. The zero-order valence-corrected chi connectivity index (χ0v) is 12.2. The molecule has 0 unspecified atom stereocenters. The van der Waals surface area contributed by atoms with Crippen LogP contribution in [0.2, 0.25) is 0 Å². The van der Waals surface area contributed by atoms with Gasteiger partial charge in [-0.1, -0.05) is 0 Å². The number of nitrogens with zero attached hydrogens (tertiary/aromatic N) is 2. The van der Waals surface area contributed by atoms with Crippen molar-refractivity contribution in [3.63, 3.8) is 0 Å². The van der Waals surface area contributed by atoms with Crippen LogP contribution in [0.25, 0.3) is 11.0 Å². The molecule has 2 aromatic rings. The van der Waals surface area contributed by atoms with Crippen molar-refractivity contribution in [3.8, 4) is 0 Å². The molecule has 112 valence electrons. The highest BCUT2D eigenvalue weighted by Gasteiger charge is 2.15. The summed E-state index contributed by atoms with van der Waals surface area (Å²) in [6.45, 7) is 5.55. The summed E-state index contributed by atoms with van der Waals surface area (Å²) >= 11 is 0. The normalized spacial score (nSPS) is 16.2. The van der Waals surface area contributed by atoms with Crippen LogP contribution < -0.4 is 4.57 Å². The molecule has 2 heterocycles. The van der Waals surface area contributed by atoms with Gasteiger partial charge in [0, 0.05) is 25.7 Å². The third-order valence-corrected chi connectivity index (χ3v) is 3.86. The second kappa shape index (κ2) is 6.24. The van der Waals surface area contributed by atoms with Crippen LogP contribution in [0, 0.1) is 0 Å². The lowest BCUT2D eigenvalue weighted by Crippen LogP contribution is -2.44. The van der Waals surface area contributed by atoms with E-state index < -0.39 is 0 Å². The van der Waals surface area contributed by atoms with Crippen LogP contribution in [0.15, 0.2) is 24.5 Å². The van der Waals surface area contributed by atoms with E-state index in [1.807, 2.05) is 18.5 Å². The number of rotatable bonds is 4. The van der Waals surface area contributed by atoms with E-state index in [1.165, 1.54) is 7.11 Å². The molecule has 0 saturated carbocycles. The molecule has 21 heavy (non-hydrogen) atoms. The Hall–Kier alpha value is -1.92. The molecule has 1 aromatic carbocycles. The number of hydrogen-bond donors (Lipinski definition) is 1. The van der Waals surface area contributed by atoms with Gasteiger partial charge in [-0.3, -0.25) is 4.90 Å². The Balaban J connectivity index is 1.72. The number of hydrogen-bond acceptors (Lipinski definition) is 4. The number of ether oxygens (including phenoxy) is 2. The average Bonchev–Trinajstić information content (AvgIpc) is 2.95. The smallest absolute Gasteiger partial charge is 0.338 e. The Morgan fingerprint density at radius 1 is 1.43 bits per heavy atom. The van der Waals surface area contributed by atoms with Gasteiger partial charge in [-0.15, -0.1) is 0 Å². The van der Waals surface area contributed by atoms with Gasteiger partial charge in [0.25, 0.3) is 0 Å². The third-order valence-electron chi connectivity index (χ3n) is 3.86. The first-order valence-corrected chi connectivity index (χ1v) is 7.17. The molecule has 1 aliphatic heterocycles.